The van der Waals surface area contributed by atoms with Crippen LogP contribution in [0.4, 0.5) is 0 Å². The van der Waals surface area contributed by atoms with Crippen LogP contribution in [0, 0.1) is 0 Å². The molecule has 8 heteroatoms. The van der Waals surface area contributed by atoms with Crippen LogP contribution in [-0.2, 0) is 28.6 Å². The molecule has 322 valence electrons. The van der Waals surface area contributed by atoms with E-state index in [1.54, 1.807) is 0 Å². The Kier molecular flexibility index (Phi) is 36.8. The molecule has 56 heavy (non-hydrogen) atoms. The highest BCUT2D eigenvalue weighted by molar-refractivity contribution is 5.72. The minimum absolute atomic E-state index is 0.0489. The van der Waals surface area contributed by atoms with Crippen LogP contribution in [0.5, 0.6) is 0 Å². The zero-order valence-electron chi connectivity index (χ0n) is 36.6. The van der Waals surface area contributed by atoms with Crippen molar-refractivity contribution in [3.8, 4) is 0 Å². The molecule has 0 saturated heterocycles. The third-order valence-electron chi connectivity index (χ3n) is 9.62. The molecule has 0 radical (unpaired) electrons. The summed E-state index contributed by atoms with van der Waals surface area (Å²) in [5.74, 6) is -1.51. The van der Waals surface area contributed by atoms with Crippen molar-refractivity contribution >= 4 is 17.9 Å². The van der Waals surface area contributed by atoms with Gasteiger partial charge in [-0.15, -0.1) is 0 Å². The summed E-state index contributed by atoms with van der Waals surface area (Å²) in [5.41, 5.74) is 0. The van der Waals surface area contributed by atoms with Gasteiger partial charge < -0.3 is 23.8 Å². The maximum atomic E-state index is 12.7. The van der Waals surface area contributed by atoms with Gasteiger partial charge in [-0.1, -0.05) is 139 Å². The number of aliphatic carboxylic acids is 1. The van der Waals surface area contributed by atoms with Gasteiger partial charge in [-0.2, -0.15) is 0 Å². The fraction of sp³-hybridized carbons (Fsp3) is 0.729. The molecule has 0 spiro atoms. The molecule has 0 aliphatic heterocycles. The summed E-state index contributed by atoms with van der Waals surface area (Å²) in [6.45, 7) is 4.61. The highest BCUT2D eigenvalue weighted by Crippen LogP contribution is 2.13. The Labute approximate surface area is 343 Å². The maximum absolute atomic E-state index is 12.7. The molecule has 1 N–H and O–H groups in total. The summed E-state index contributed by atoms with van der Waals surface area (Å²) in [4.78, 5) is 37.0. The second kappa shape index (κ2) is 38.9. The van der Waals surface area contributed by atoms with E-state index in [1.807, 2.05) is 21.1 Å². The number of carboxylic acid groups (broad SMARTS) is 1. The molecule has 8 nitrogen and oxygen atoms in total. The van der Waals surface area contributed by atoms with E-state index in [2.05, 4.69) is 74.6 Å². The van der Waals surface area contributed by atoms with Crippen LogP contribution >= 0.6 is 0 Å². The number of nitrogens with zero attached hydrogens (tertiary/aromatic N) is 1. The molecule has 2 unspecified atom stereocenters. The van der Waals surface area contributed by atoms with Gasteiger partial charge in [-0.3, -0.25) is 9.59 Å². The van der Waals surface area contributed by atoms with E-state index >= 15 is 0 Å². The number of hydrogen-bond acceptors (Lipinski definition) is 6. The smallest absolute Gasteiger partial charge is 0.362 e. The Balaban J connectivity index is 4.38. The summed E-state index contributed by atoms with van der Waals surface area (Å²) in [6.07, 6.45) is 46.8. The van der Waals surface area contributed by atoms with Gasteiger partial charge in [-0.25, -0.2) is 4.79 Å². The third-order valence-corrected chi connectivity index (χ3v) is 9.62. The minimum atomic E-state index is -0.882. The van der Waals surface area contributed by atoms with Gasteiger partial charge in [0.05, 0.1) is 34.4 Å². The van der Waals surface area contributed by atoms with Gasteiger partial charge in [0.1, 0.15) is 6.61 Å². The number of allylic oxidation sites excluding steroid dienone is 10. The van der Waals surface area contributed by atoms with Crippen molar-refractivity contribution in [2.24, 2.45) is 0 Å². The summed E-state index contributed by atoms with van der Waals surface area (Å²) in [7, 11) is 5.51. The van der Waals surface area contributed by atoms with Gasteiger partial charge in [0.15, 0.2) is 12.1 Å². The number of carbonyl (C=O) groups is 3. The molecule has 0 saturated carbocycles. The Bertz CT molecular complexity index is 1100. The van der Waals surface area contributed by atoms with Crippen LogP contribution in [0.2, 0.25) is 0 Å². The number of esters is 2. The van der Waals surface area contributed by atoms with Gasteiger partial charge >= 0.3 is 17.9 Å². The van der Waals surface area contributed by atoms with Crippen molar-refractivity contribution in [3.63, 3.8) is 0 Å². The molecular weight excluding hydrogens is 703 g/mol. The van der Waals surface area contributed by atoms with Gasteiger partial charge in [0.2, 0.25) is 0 Å². The number of carbonyl (C=O) groups excluding carboxylic acids is 2. The average molecular weight is 787 g/mol. The predicted octanol–water partition coefficient (Wildman–Crippen LogP) is 12.2. The Morgan fingerprint density at radius 2 is 0.982 bits per heavy atom. The number of unbranched alkanes of at least 4 members (excludes halogenated alkanes) is 15. The van der Waals surface area contributed by atoms with E-state index in [1.165, 1.54) is 44.9 Å². The van der Waals surface area contributed by atoms with E-state index < -0.39 is 18.1 Å². The van der Waals surface area contributed by atoms with Crippen LogP contribution in [0.15, 0.2) is 60.8 Å². The second-order valence-electron chi connectivity index (χ2n) is 15.9. The number of likely N-dealkylation sites (N-methyl/N-ethyl adjacent to an activating group) is 1. The highest BCUT2D eigenvalue weighted by Gasteiger charge is 2.31. The average Bonchev–Trinajstić information content (AvgIpc) is 3.15. The standard InChI is InChI=1S/C48H83NO7/c1-6-8-10-12-14-16-18-20-21-22-23-24-25-27-29-31-33-35-37-39-47(51)56-44(42-54-41-40-45(48(52)53)49(3,4)5)43-55-46(50)38-36-34-32-30-28-26-19-17-15-13-11-9-7-2/h11,13-14,16-17,19-21,23-24,44-45H,6-10,12,15,18,22,25-43H2,1-5H3/p+1/b13-11-,16-14-,19-17-,21-20-,24-23-. The molecule has 0 aromatic rings. The topological polar surface area (TPSA) is 99.1 Å². The molecule has 0 aromatic heterocycles. The highest BCUT2D eigenvalue weighted by atomic mass is 16.6. The fourth-order valence-electron chi connectivity index (χ4n) is 6.13. The lowest BCUT2D eigenvalue weighted by Gasteiger charge is -2.31. The number of carboxylic acids is 1. The van der Waals surface area contributed by atoms with Crippen LogP contribution < -0.4 is 0 Å². The largest absolute Gasteiger partial charge is 0.477 e. The number of quaternary nitrogens is 1. The van der Waals surface area contributed by atoms with E-state index in [9.17, 15) is 19.5 Å². The summed E-state index contributed by atoms with van der Waals surface area (Å²) >= 11 is 0. The zero-order chi connectivity index (χ0) is 41.4. The Hall–Kier alpha value is -2.97. The SMILES string of the molecule is CCC/C=C\C/C=C\CCCCCCCC(=O)OCC(COCCC(C(=O)O)[N+](C)(C)C)OC(=O)CCCCCCCC/C=C\C/C=C\C/C=C\CCCCC. The second-order valence-corrected chi connectivity index (χ2v) is 15.9. The molecule has 0 rings (SSSR count). The van der Waals surface area contributed by atoms with Gasteiger partial charge in [0.25, 0.3) is 0 Å². The Morgan fingerprint density at radius 1 is 0.536 bits per heavy atom. The summed E-state index contributed by atoms with van der Waals surface area (Å²) < 4.78 is 17.2. The number of hydrogen-bond donors (Lipinski definition) is 1. The van der Waals surface area contributed by atoms with Crippen LogP contribution in [0.3, 0.4) is 0 Å². The van der Waals surface area contributed by atoms with E-state index in [0.29, 0.717) is 19.3 Å². The van der Waals surface area contributed by atoms with Crippen molar-refractivity contribution in [1.82, 2.24) is 0 Å². The fourth-order valence-corrected chi connectivity index (χ4v) is 6.13. The molecule has 2 atom stereocenters. The van der Waals surface area contributed by atoms with Crippen molar-refractivity contribution in [2.45, 2.75) is 187 Å². The normalized spacial score (nSPS) is 13.5. The number of ether oxygens (including phenoxy) is 3. The van der Waals surface area contributed by atoms with Gasteiger partial charge in [0, 0.05) is 19.3 Å². The van der Waals surface area contributed by atoms with Gasteiger partial charge in [-0.05, 0) is 77.0 Å². The maximum Gasteiger partial charge on any atom is 0.362 e. The lowest BCUT2D eigenvalue weighted by atomic mass is 10.1. The zero-order valence-corrected chi connectivity index (χ0v) is 36.6. The third kappa shape index (κ3) is 36.7. The first-order valence-electron chi connectivity index (χ1n) is 22.3. The predicted molar refractivity (Wildman–Crippen MR) is 234 cm³/mol. The van der Waals surface area contributed by atoms with Crippen molar-refractivity contribution in [1.29, 1.82) is 0 Å². The van der Waals surface area contributed by atoms with Crippen LogP contribution in [0.25, 0.3) is 0 Å². The molecular formula is C48H84NO7+. The van der Waals surface area contributed by atoms with E-state index in [0.717, 1.165) is 96.3 Å². The molecule has 0 amide bonds. The van der Waals surface area contributed by atoms with Crippen molar-refractivity contribution in [3.05, 3.63) is 60.8 Å². The van der Waals surface area contributed by atoms with E-state index in [-0.39, 0.29) is 36.2 Å². The van der Waals surface area contributed by atoms with Crippen LogP contribution in [-0.4, -0.2) is 80.6 Å². The lowest BCUT2D eigenvalue weighted by molar-refractivity contribution is -0.887. The summed E-state index contributed by atoms with van der Waals surface area (Å²) in [6, 6.07) is -0.621. The quantitative estimate of drug-likeness (QED) is 0.0287. The monoisotopic (exact) mass is 787 g/mol. The number of rotatable bonds is 39. The Morgan fingerprint density at radius 3 is 1.46 bits per heavy atom. The molecule has 0 aromatic carbocycles. The molecule has 0 aliphatic carbocycles. The lowest BCUT2D eigenvalue weighted by Crippen LogP contribution is -2.50. The minimum Gasteiger partial charge on any atom is -0.477 e. The van der Waals surface area contributed by atoms with E-state index in [4.69, 9.17) is 14.2 Å². The summed E-state index contributed by atoms with van der Waals surface area (Å²) in [5, 5.41) is 9.62. The first-order valence-corrected chi connectivity index (χ1v) is 22.3. The molecule has 0 fully saturated rings. The molecule has 0 bridgehead atoms. The van der Waals surface area contributed by atoms with Crippen LogP contribution in [0.1, 0.15) is 174 Å². The van der Waals surface area contributed by atoms with Crippen molar-refractivity contribution < 1.29 is 38.2 Å². The molecule has 0 aliphatic rings. The van der Waals surface area contributed by atoms with Crippen molar-refractivity contribution in [2.75, 3.05) is 41.0 Å². The first kappa shape index (κ1) is 53.0. The molecule has 0 heterocycles. The first-order chi connectivity index (χ1) is 27.1.